The standard InChI is InChI=1S/C37H37BrO5/c1-23(2)9-8-19-37(4)28-18-20-36(3)22-27(28)32-31(42-36)21-30(41-35(40)25-13-15-26(38)16-14-25)33(34(32)43-37)29(39)17-12-24-10-6-5-7-11-24/h5-7,9-17,21,27-28H,8,18-20,22H2,1-4H3/b17-12+/t27-,28+,36-,37-/m0/s1. The normalized spacial score (nSPS) is 25.0. The molecule has 0 amide bonds. The molecule has 3 aromatic rings. The van der Waals surface area contributed by atoms with E-state index >= 15 is 0 Å². The summed E-state index contributed by atoms with van der Waals surface area (Å²) in [5, 5.41) is 0. The van der Waals surface area contributed by atoms with Gasteiger partial charge in [-0.2, -0.15) is 0 Å². The fourth-order valence-corrected chi connectivity index (χ4v) is 7.27. The molecule has 1 fully saturated rings. The second-order valence-electron chi connectivity index (χ2n) is 12.7. The number of rotatable bonds is 8. The third kappa shape index (κ3) is 5.82. The molecule has 0 N–H and O–H groups in total. The maximum atomic E-state index is 14.1. The molecule has 0 saturated heterocycles. The summed E-state index contributed by atoms with van der Waals surface area (Å²) >= 11 is 3.42. The first-order valence-electron chi connectivity index (χ1n) is 15.0. The zero-order chi connectivity index (χ0) is 30.4. The summed E-state index contributed by atoms with van der Waals surface area (Å²) in [6, 6.07) is 18.4. The van der Waals surface area contributed by atoms with Crippen molar-refractivity contribution in [3.63, 3.8) is 0 Å². The highest BCUT2D eigenvalue weighted by molar-refractivity contribution is 9.10. The second kappa shape index (κ2) is 11.5. The van der Waals surface area contributed by atoms with Crippen molar-refractivity contribution in [1.29, 1.82) is 0 Å². The van der Waals surface area contributed by atoms with E-state index in [1.54, 1.807) is 36.4 Å². The second-order valence-corrected chi connectivity index (χ2v) is 13.7. The summed E-state index contributed by atoms with van der Waals surface area (Å²) in [6.07, 6.45) is 10.0. The van der Waals surface area contributed by atoms with E-state index in [4.69, 9.17) is 14.2 Å². The van der Waals surface area contributed by atoms with Crippen LogP contribution in [0.3, 0.4) is 0 Å². The van der Waals surface area contributed by atoms with Crippen LogP contribution in [0.4, 0.5) is 0 Å². The summed E-state index contributed by atoms with van der Waals surface area (Å²) in [5.74, 6) is 0.926. The SMILES string of the molecule is CC(C)=CCC[C@]1(C)Oc2c(C(=O)/C=C/c3ccccc3)c(OC(=O)c3ccc(Br)cc3)cc3c2[C@H]2C[C@](C)(CC[C@H]21)O3. The first-order valence-corrected chi connectivity index (χ1v) is 15.8. The highest BCUT2D eigenvalue weighted by Crippen LogP contribution is 2.63. The lowest BCUT2D eigenvalue weighted by molar-refractivity contribution is -0.0839. The van der Waals surface area contributed by atoms with Crippen molar-refractivity contribution in [2.24, 2.45) is 5.92 Å². The predicted molar refractivity (Wildman–Crippen MR) is 172 cm³/mol. The summed E-state index contributed by atoms with van der Waals surface area (Å²) in [7, 11) is 0. The molecule has 43 heavy (non-hydrogen) atoms. The topological polar surface area (TPSA) is 61.8 Å². The van der Waals surface area contributed by atoms with E-state index in [0.29, 0.717) is 23.0 Å². The van der Waals surface area contributed by atoms with Gasteiger partial charge < -0.3 is 14.2 Å². The van der Waals surface area contributed by atoms with Crippen LogP contribution in [-0.2, 0) is 0 Å². The number of hydrogen-bond donors (Lipinski definition) is 0. The van der Waals surface area contributed by atoms with Crippen molar-refractivity contribution in [2.45, 2.75) is 76.9 Å². The van der Waals surface area contributed by atoms with Gasteiger partial charge in [0, 0.05) is 27.9 Å². The number of carbonyl (C=O) groups is 2. The van der Waals surface area contributed by atoms with Crippen molar-refractivity contribution in [1.82, 2.24) is 0 Å². The zero-order valence-electron chi connectivity index (χ0n) is 25.1. The quantitative estimate of drug-likeness (QED) is 0.0806. The number of ether oxygens (including phenoxy) is 3. The van der Waals surface area contributed by atoms with E-state index < -0.39 is 11.6 Å². The van der Waals surface area contributed by atoms with Crippen molar-refractivity contribution in [3.8, 4) is 17.2 Å². The number of benzene rings is 3. The number of esters is 1. The van der Waals surface area contributed by atoms with Gasteiger partial charge in [-0.1, -0.05) is 64.0 Å². The molecule has 6 rings (SSSR count). The van der Waals surface area contributed by atoms with Crippen LogP contribution >= 0.6 is 15.9 Å². The fraction of sp³-hybridized carbons (Fsp3) is 0.351. The van der Waals surface area contributed by atoms with Gasteiger partial charge in [0.1, 0.15) is 34.0 Å². The van der Waals surface area contributed by atoms with Crippen LogP contribution in [0.15, 0.2) is 82.9 Å². The number of allylic oxidation sites excluding steroid dienone is 3. The largest absolute Gasteiger partial charge is 0.487 e. The van der Waals surface area contributed by atoms with E-state index in [2.05, 4.69) is 49.7 Å². The summed E-state index contributed by atoms with van der Waals surface area (Å²) < 4.78 is 20.5. The lowest BCUT2D eigenvalue weighted by atomic mass is 9.60. The molecule has 1 aliphatic carbocycles. The van der Waals surface area contributed by atoms with Crippen LogP contribution in [0, 0.1) is 5.92 Å². The molecular weight excluding hydrogens is 604 g/mol. The molecule has 0 spiro atoms. The van der Waals surface area contributed by atoms with E-state index in [-0.39, 0.29) is 28.6 Å². The Kier molecular flexibility index (Phi) is 7.84. The minimum absolute atomic E-state index is 0.151. The summed E-state index contributed by atoms with van der Waals surface area (Å²) in [4.78, 5) is 27.5. The van der Waals surface area contributed by atoms with E-state index in [1.165, 1.54) is 11.6 Å². The maximum Gasteiger partial charge on any atom is 0.343 e. The van der Waals surface area contributed by atoms with Crippen LogP contribution < -0.4 is 14.2 Å². The van der Waals surface area contributed by atoms with Gasteiger partial charge in [0.05, 0.1) is 5.56 Å². The van der Waals surface area contributed by atoms with Crippen molar-refractivity contribution >= 4 is 33.8 Å². The lowest BCUT2D eigenvalue weighted by Crippen LogP contribution is -2.55. The van der Waals surface area contributed by atoms with Gasteiger partial charge in [0.25, 0.3) is 0 Å². The Morgan fingerprint density at radius 1 is 1.05 bits per heavy atom. The van der Waals surface area contributed by atoms with Crippen LogP contribution in [0.5, 0.6) is 17.2 Å². The van der Waals surface area contributed by atoms with Gasteiger partial charge in [-0.05, 0) is 95.7 Å². The Bertz CT molecular complexity index is 1620. The molecule has 5 nitrogen and oxygen atoms in total. The van der Waals surface area contributed by atoms with E-state index in [0.717, 1.165) is 47.7 Å². The van der Waals surface area contributed by atoms with Crippen LogP contribution in [-0.4, -0.2) is 23.0 Å². The summed E-state index contributed by atoms with van der Waals surface area (Å²) in [6.45, 7) is 8.57. The lowest BCUT2D eigenvalue weighted by Gasteiger charge is -2.56. The highest BCUT2D eigenvalue weighted by atomic mass is 79.9. The minimum atomic E-state index is -0.553. The first kappa shape index (κ1) is 29.4. The number of halogens is 1. The Balaban J connectivity index is 1.49. The smallest absolute Gasteiger partial charge is 0.343 e. The minimum Gasteiger partial charge on any atom is -0.487 e. The molecule has 0 unspecified atom stereocenters. The molecule has 0 aromatic heterocycles. The molecule has 1 saturated carbocycles. The first-order chi connectivity index (χ1) is 20.6. The van der Waals surface area contributed by atoms with Crippen LogP contribution in [0.1, 0.15) is 97.6 Å². The van der Waals surface area contributed by atoms with Gasteiger partial charge in [-0.25, -0.2) is 4.79 Å². The third-order valence-electron chi connectivity index (χ3n) is 9.16. The van der Waals surface area contributed by atoms with Crippen LogP contribution in [0.25, 0.3) is 6.08 Å². The van der Waals surface area contributed by atoms with Crippen molar-refractivity contribution < 1.29 is 23.8 Å². The molecular formula is C37H37BrO5. The molecule has 222 valence electrons. The molecule has 2 heterocycles. The van der Waals surface area contributed by atoms with E-state index in [1.807, 2.05) is 30.3 Å². The molecule has 6 heteroatoms. The van der Waals surface area contributed by atoms with Gasteiger partial charge in [-0.15, -0.1) is 0 Å². The Hall–Kier alpha value is -3.64. The average molecular weight is 642 g/mol. The van der Waals surface area contributed by atoms with Crippen molar-refractivity contribution in [3.05, 3.63) is 105 Å². The van der Waals surface area contributed by atoms with Gasteiger partial charge in [0.15, 0.2) is 5.78 Å². The molecule has 4 atom stereocenters. The van der Waals surface area contributed by atoms with Gasteiger partial charge in [0.2, 0.25) is 0 Å². The van der Waals surface area contributed by atoms with Crippen LogP contribution in [0.2, 0.25) is 0 Å². The molecule has 2 aliphatic heterocycles. The highest BCUT2D eigenvalue weighted by Gasteiger charge is 2.56. The third-order valence-corrected chi connectivity index (χ3v) is 9.69. The Morgan fingerprint density at radius 2 is 1.79 bits per heavy atom. The monoisotopic (exact) mass is 640 g/mol. The molecule has 2 bridgehead atoms. The zero-order valence-corrected chi connectivity index (χ0v) is 26.7. The number of hydrogen-bond acceptors (Lipinski definition) is 5. The molecule has 0 radical (unpaired) electrons. The summed E-state index contributed by atoms with van der Waals surface area (Å²) in [5.41, 5.74) is 2.93. The molecule has 3 aromatic carbocycles. The number of ketones is 1. The van der Waals surface area contributed by atoms with Gasteiger partial charge >= 0.3 is 5.97 Å². The fourth-order valence-electron chi connectivity index (χ4n) is 7.00. The Labute approximate surface area is 262 Å². The predicted octanol–water partition coefficient (Wildman–Crippen LogP) is 9.50. The number of carbonyl (C=O) groups excluding carboxylic acids is 2. The molecule has 3 aliphatic rings. The van der Waals surface area contributed by atoms with Crippen molar-refractivity contribution in [2.75, 3.05) is 0 Å². The average Bonchev–Trinajstić information content (AvgIpc) is 2.96. The number of fused-ring (bicyclic) bond motifs is 1. The maximum absolute atomic E-state index is 14.1. The Morgan fingerprint density at radius 3 is 2.51 bits per heavy atom. The van der Waals surface area contributed by atoms with Gasteiger partial charge in [-0.3, -0.25) is 4.79 Å². The van der Waals surface area contributed by atoms with E-state index in [9.17, 15) is 9.59 Å².